The predicted octanol–water partition coefficient (Wildman–Crippen LogP) is 2.00. The molecule has 2 atom stereocenters. The average molecular weight is 196 g/mol. The zero-order valence-corrected chi connectivity index (χ0v) is 8.73. The summed E-state index contributed by atoms with van der Waals surface area (Å²) >= 11 is 2.07. The highest BCUT2D eigenvalue weighted by atomic mass is 32.2. The summed E-state index contributed by atoms with van der Waals surface area (Å²) in [5.74, 6) is 1.31. The lowest BCUT2D eigenvalue weighted by Gasteiger charge is -2.15. The summed E-state index contributed by atoms with van der Waals surface area (Å²) in [5, 5.41) is 4.37. The number of thioether (sulfide) groups is 1. The van der Waals surface area contributed by atoms with Crippen molar-refractivity contribution in [2.24, 2.45) is 0 Å². The zero-order chi connectivity index (χ0) is 9.10. The Morgan fingerprint density at radius 3 is 3.23 bits per heavy atom. The van der Waals surface area contributed by atoms with Crippen molar-refractivity contribution < 1.29 is 0 Å². The van der Waals surface area contributed by atoms with Gasteiger partial charge < -0.3 is 10.3 Å². The minimum atomic E-state index is 0.708. The fourth-order valence-corrected chi connectivity index (χ4v) is 2.94. The van der Waals surface area contributed by atoms with Crippen LogP contribution < -0.4 is 5.32 Å². The van der Waals surface area contributed by atoms with Gasteiger partial charge in [0.15, 0.2) is 0 Å². The molecule has 0 radical (unpaired) electrons. The van der Waals surface area contributed by atoms with E-state index in [9.17, 15) is 0 Å². The predicted molar refractivity (Wildman–Crippen MR) is 58.0 cm³/mol. The van der Waals surface area contributed by atoms with Gasteiger partial charge >= 0.3 is 0 Å². The number of aromatic amines is 1. The fourth-order valence-electron chi connectivity index (χ4n) is 1.72. The van der Waals surface area contributed by atoms with E-state index in [1.165, 1.54) is 17.7 Å². The molecular formula is C10H16N2S. The smallest absolute Gasteiger partial charge is 0.0223 e. The number of rotatable bonds is 3. The Morgan fingerprint density at radius 2 is 2.62 bits per heavy atom. The van der Waals surface area contributed by atoms with Crippen LogP contribution in [0.1, 0.15) is 18.9 Å². The molecular weight excluding hydrogens is 180 g/mol. The number of nitrogens with one attached hydrogen (secondary N) is 2. The van der Waals surface area contributed by atoms with Crippen molar-refractivity contribution in [2.75, 3.05) is 5.75 Å². The molecule has 2 rings (SSSR count). The molecule has 13 heavy (non-hydrogen) atoms. The van der Waals surface area contributed by atoms with Crippen LogP contribution in [0.15, 0.2) is 18.5 Å². The Hall–Kier alpha value is -0.410. The highest BCUT2D eigenvalue weighted by Gasteiger charge is 2.22. The summed E-state index contributed by atoms with van der Waals surface area (Å²) in [6, 6.07) is 2.83. The SMILES string of the molecule is CC1SCCC1NCc1cc[nH]c1. The van der Waals surface area contributed by atoms with E-state index in [1.807, 2.05) is 6.20 Å². The second-order valence-electron chi connectivity index (χ2n) is 3.57. The van der Waals surface area contributed by atoms with E-state index >= 15 is 0 Å². The van der Waals surface area contributed by atoms with E-state index in [1.54, 1.807) is 0 Å². The van der Waals surface area contributed by atoms with Crippen LogP contribution in [-0.4, -0.2) is 22.0 Å². The molecule has 72 valence electrons. The van der Waals surface area contributed by atoms with E-state index in [2.05, 4.69) is 41.2 Å². The van der Waals surface area contributed by atoms with E-state index in [4.69, 9.17) is 0 Å². The van der Waals surface area contributed by atoms with E-state index < -0.39 is 0 Å². The molecule has 2 heterocycles. The number of hydrogen-bond acceptors (Lipinski definition) is 2. The van der Waals surface area contributed by atoms with Crippen molar-refractivity contribution in [3.63, 3.8) is 0 Å². The molecule has 0 aliphatic carbocycles. The van der Waals surface area contributed by atoms with Gasteiger partial charge in [-0.3, -0.25) is 0 Å². The van der Waals surface area contributed by atoms with E-state index in [0.29, 0.717) is 6.04 Å². The Morgan fingerprint density at radius 1 is 1.69 bits per heavy atom. The first kappa shape index (κ1) is 9.16. The fraction of sp³-hybridized carbons (Fsp3) is 0.600. The molecule has 1 fully saturated rings. The quantitative estimate of drug-likeness (QED) is 0.774. The molecule has 2 N–H and O–H groups in total. The van der Waals surface area contributed by atoms with E-state index in [-0.39, 0.29) is 0 Å². The lowest BCUT2D eigenvalue weighted by molar-refractivity contribution is 0.513. The summed E-state index contributed by atoms with van der Waals surface area (Å²) in [6.07, 6.45) is 5.35. The van der Waals surface area contributed by atoms with Crippen molar-refractivity contribution in [2.45, 2.75) is 31.2 Å². The largest absolute Gasteiger partial charge is 0.367 e. The first-order chi connectivity index (χ1) is 6.36. The maximum atomic E-state index is 3.59. The Balaban J connectivity index is 1.79. The second kappa shape index (κ2) is 4.20. The van der Waals surface area contributed by atoms with Crippen LogP contribution in [-0.2, 0) is 6.54 Å². The molecule has 0 spiro atoms. The zero-order valence-electron chi connectivity index (χ0n) is 7.92. The molecule has 2 unspecified atom stereocenters. The highest BCUT2D eigenvalue weighted by molar-refractivity contribution is 8.00. The van der Waals surface area contributed by atoms with Gasteiger partial charge in [0, 0.05) is 30.2 Å². The number of aromatic nitrogens is 1. The third kappa shape index (κ3) is 2.29. The third-order valence-electron chi connectivity index (χ3n) is 2.61. The number of H-pyrrole nitrogens is 1. The van der Waals surface area contributed by atoms with Crippen molar-refractivity contribution in [3.05, 3.63) is 24.0 Å². The maximum absolute atomic E-state index is 3.59. The van der Waals surface area contributed by atoms with Crippen LogP contribution >= 0.6 is 11.8 Å². The van der Waals surface area contributed by atoms with Crippen LogP contribution in [0.5, 0.6) is 0 Å². The standard InChI is InChI=1S/C10H16N2S/c1-8-10(3-5-13-8)12-7-9-2-4-11-6-9/h2,4,6,8,10-12H,3,5,7H2,1H3. The van der Waals surface area contributed by atoms with Gasteiger partial charge in [-0.2, -0.15) is 11.8 Å². The normalized spacial score (nSPS) is 28.1. The van der Waals surface area contributed by atoms with Crippen molar-refractivity contribution >= 4 is 11.8 Å². The van der Waals surface area contributed by atoms with Crippen LogP contribution in [0.2, 0.25) is 0 Å². The van der Waals surface area contributed by atoms with Gasteiger partial charge in [0.25, 0.3) is 0 Å². The molecule has 0 aromatic carbocycles. The van der Waals surface area contributed by atoms with Crippen LogP contribution in [0, 0.1) is 0 Å². The van der Waals surface area contributed by atoms with Crippen LogP contribution in [0.25, 0.3) is 0 Å². The van der Waals surface area contributed by atoms with Crippen molar-refractivity contribution in [1.29, 1.82) is 0 Å². The molecule has 1 aliphatic heterocycles. The molecule has 0 saturated carbocycles. The summed E-state index contributed by atoms with van der Waals surface area (Å²) in [5.41, 5.74) is 1.35. The monoisotopic (exact) mass is 196 g/mol. The molecule has 3 heteroatoms. The van der Waals surface area contributed by atoms with Gasteiger partial charge in [-0.25, -0.2) is 0 Å². The molecule has 0 bridgehead atoms. The van der Waals surface area contributed by atoms with Crippen LogP contribution in [0.4, 0.5) is 0 Å². The third-order valence-corrected chi connectivity index (χ3v) is 3.93. The summed E-state index contributed by atoms with van der Waals surface area (Å²) in [4.78, 5) is 3.07. The number of hydrogen-bond donors (Lipinski definition) is 2. The Labute approximate surface area is 83.5 Å². The minimum Gasteiger partial charge on any atom is -0.367 e. The van der Waals surface area contributed by atoms with E-state index in [0.717, 1.165) is 11.8 Å². The van der Waals surface area contributed by atoms with Crippen molar-refractivity contribution in [3.8, 4) is 0 Å². The summed E-state index contributed by atoms with van der Waals surface area (Å²) < 4.78 is 0. The summed E-state index contributed by atoms with van der Waals surface area (Å²) in [7, 11) is 0. The molecule has 1 aromatic rings. The topological polar surface area (TPSA) is 27.8 Å². The first-order valence-corrected chi connectivity index (χ1v) is 5.88. The van der Waals surface area contributed by atoms with Crippen molar-refractivity contribution in [1.82, 2.24) is 10.3 Å². The van der Waals surface area contributed by atoms with Gasteiger partial charge in [-0.15, -0.1) is 0 Å². The minimum absolute atomic E-state index is 0.708. The van der Waals surface area contributed by atoms with Gasteiger partial charge in [0.1, 0.15) is 0 Å². The Bertz CT molecular complexity index is 245. The average Bonchev–Trinajstić information content (AvgIpc) is 2.72. The molecule has 2 nitrogen and oxygen atoms in total. The molecule has 1 aromatic heterocycles. The molecule has 0 amide bonds. The van der Waals surface area contributed by atoms with Crippen LogP contribution in [0.3, 0.4) is 0 Å². The van der Waals surface area contributed by atoms with Gasteiger partial charge in [-0.1, -0.05) is 6.92 Å². The lowest BCUT2D eigenvalue weighted by atomic mass is 10.1. The molecule has 1 saturated heterocycles. The summed E-state index contributed by atoms with van der Waals surface area (Å²) in [6.45, 7) is 3.31. The Kier molecular flexibility index (Phi) is 2.96. The first-order valence-electron chi connectivity index (χ1n) is 4.83. The highest BCUT2D eigenvalue weighted by Crippen LogP contribution is 2.26. The lowest BCUT2D eigenvalue weighted by Crippen LogP contribution is -2.32. The molecule has 1 aliphatic rings. The van der Waals surface area contributed by atoms with Gasteiger partial charge in [0.2, 0.25) is 0 Å². The maximum Gasteiger partial charge on any atom is 0.0223 e. The second-order valence-corrected chi connectivity index (χ2v) is 5.06. The van der Waals surface area contributed by atoms with Gasteiger partial charge in [-0.05, 0) is 23.8 Å². The van der Waals surface area contributed by atoms with Gasteiger partial charge in [0.05, 0.1) is 0 Å².